The minimum absolute atomic E-state index is 0.130. The number of amides is 1. The fraction of sp³-hybridized carbons (Fsp3) is 0.778. The molecule has 1 aromatic rings. The maximum Gasteiger partial charge on any atom is 0.230 e. The molecule has 134 valence electrons. The SMILES string of the molecule is Cc1nn(C)c(C)c1[C@H](C)C(=O)N1C[C@@H](C)[C@H](N2CCOCC2)C1. The molecule has 24 heavy (non-hydrogen) atoms. The summed E-state index contributed by atoms with van der Waals surface area (Å²) in [7, 11) is 1.94. The summed E-state index contributed by atoms with van der Waals surface area (Å²) < 4.78 is 7.33. The van der Waals surface area contributed by atoms with Crippen LogP contribution in [-0.2, 0) is 16.6 Å². The number of carbonyl (C=O) groups excluding carboxylic acids is 1. The van der Waals surface area contributed by atoms with E-state index in [1.807, 2.05) is 32.5 Å². The number of nitrogens with zero attached hydrogens (tertiary/aromatic N) is 4. The topological polar surface area (TPSA) is 50.6 Å². The highest BCUT2D eigenvalue weighted by atomic mass is 16.5. The fourth-order valence-corrected chi connectivity index (χ4v) is 4.33. The van der Waals surface area contributed by atoms with Crippen molar-refractivity contribution in [3.8, 4) is 0 Å². The Morgan fingerprint density at radius 3 is 2.50 bits per heavy atom. The lowest BCUT2D eigenvalue weighted by molar-refractivity contribution is -0.131. The highest BCUT2D eigenvalue weighted by molar-refractivity contribution is 5.84. The van der Waals surface area contributed by atoms with Crippen molar-refractivity contribution >= 4 is 5.91 Å². The van der Waals surface area contributed by atoms with Crippen molar-refractivity contribution in [1.82, 2.24) is 19.6 Å². The molecular formula is C18H30N4O2. The molecule has 0 radical (unpaired) electrons. The number of hydrogen-bond acceptors (Lipinski definition) is 4. The molecule has 0 spiro atoms. The van der Waals surface area contributed by atoms with E-state index in [2.05, 4.69) is 21.8 Å². The van der Waals surface area contributed by atoms with Crippen LogP contribution in [0.3, 0.4) is 0 Å². The largest absolute Gasteiger partial charge is 0.379 e. The molecule has 3 rings (SSSR count). The first-order valence-corrected chi connectivity index (χ1v) is 9.00. The molecule has 2 aliphatic heterocycles. The Bertz CT molecular complexity index is 606. The Hall–Kier alpha value is -1.40. The van der Waals surface area contributed by atoms with Crippen LogP contribution in [0.1, 0.15) is 36.7 Å². The first-order valence-electron chi connectivity index (χ1n) is 9.00. The lowest BCUT2D eigenvalue weighted by atomic mass is 9.98. The van der Waals surface area contributed by atoms with E-state index in [0.29, 0.717) is 12.0 Å². The second-order valence-corrected chi connectivity index (χ2v) is 7.37. The monoisotopic (exact) mass is 334 g/mol. The summed E-state index contributed by atoms with van der Waals surface area (Å²) in [5.74, 6) is 0.612. The number of aromatic nitrogens is 2. The van der Waals surface area contributed by atoms with Crippen LogP contribution in [0.2, 0.25) is 0 Å². The van der Waals surface area contributed by atoms with Crippen molar-refractivity contribution in [2.45, 2.75) is 39.7 Å². The first kappa shape index (κ1) is 17.4. The first-order chi connectivity index (χ1) is 11.4. The van der Waals surface area contributed by atoms with Crippen LogP contribution >= 0.6 is 0 Å². The number of aryl methyl sites for hydroxylation is 2. The molecule has 1 amide bonds. The normalized spacial score (nSPS) is 26.8. The van der Waals surface area contributed by atoms with E-state index in [1.54, 1.807) is 0 Å². The Balaban J connectivity index is 1.71. The highest BCUT2D eigenvalue weighted by Gasteiger charge is 2.38. The summed E-state index contributed by atoms with van der Waals surface area (Å²) in [6.45, 7) is 13.6. The molecule has 2 aliphatic rings. The zero-order valence-corrected chi connectivity index (χ0v) is 15.6. The van der Waals surface area contributed by atoms with Gasteiger partial charge >= 0.3 is 0 Å². The number of hydrogen-bond donors (Lipinski definition) is 0. The van der Waals surface area contributed by atoms with Crippen LogP contribution in [0.15, 0.2) is 0 Å². The summed E-state index contributed by atoms with van der Waals surface area (Å²) in [5.41, 5.74) is 3.14. The van der Waals surface area contributed by atoms with Crippen molar-refractivity contribution in [3.63, 3.8) is 0 Å². The lowest BCUT2D eigenvalue weighted by Gasteiger charge is -2.34. The van der Waals surface area contributed by atoms with Gasteiger partial charge in [0, 0.05) is 50.5 Å². The van der Waals surface area contributed by atoms with Crippen LogP contribution in [-0.4, -0.2) is 70.9 Å². The summed E-state index contributed by atoms with van der Waals surface area (Å²) in [5, 5.41) is 4.47. The average molecular weight is 334 g/mol. The molecular weight excluding hydrogens is 304 g/mol. The Morgan fingerprint density at radius 2 is 1.92 bits per heavy atom. The van der Waals surface area contributed by atoms with E-state index in [4.69, 9.17) is 4.74 Å². The predicted octanol–water partition coefficient (Wildman–Crippen LogP) is 1.32. The molecule has 0 unspecified atom stereocenters. The molecule has 6 nitrogen and oxygen atoms in total. The second kappa shape index (κ2) is 6.84. The summed E-state index contributed by atoms with van der Waals surface area (Å²) in [6.07, 6.45) is 0. The molecule has 0 aromatic carbocycles. The van der Waals surface area contributed by atoms with Crippen LogP contribution in [0, 0.1) is 19.8 Å². The maximum atomic E-state index is 13.1. The fourth-order valence-electron chi connectivity index (χ4n) is 4.33. The van der Waals surface area contributed by atoms with Gasteiger partial charge in [-0.25, -0.2) is 0 Å². The Morgan fingerprint density at radius 1 is 1.25 bits per heavy atom. The molecule has 0 bridgehead atoms. The minimum Gasteiger partial charge on any atom is -0.379 e. The molecule has 0 aliphatic carbocycles. The standard InChI is InChI=1S/C18H30N4O2/c1-12-10-22(11-16(12)21-6-8-24-9-7-21)18(23)13(2)17-14(3)19-20(5)15(17)4/h12-13,16H,6-11H2,1-5H3/t12-,13+,16-/m1/s1. The number of ether oxygens (including phenoxy) is 1. The maximum absolute atomic E-state index is 13.1. The summed E-state index contributed by atoms with van der Waals surface area (Å²) in [4.78, 5) is 17.6. The third-order valence-corrected chi connectivity index (χ3v) is 5.77. The van der Waals surface area contributed by atoms with Gasteiger partial charge in [-0.3, -0.25) is 14.4 Å². The van der Waals surface area contributed by atoms with Crippen molar-refractivity contribution in [2.75, 3.05) is 39.4 Å². The van der Waals surface area contributed by atoms with Crippen LogP contribution < -0.4 is 0 Å². The third kappa shape index (κ3) is 3.09. The average Bonchev–Trinajstić information content (AvgIpc) is 3.07. The Labute approximate surface area is 144 Å². The van der Waals surface area contributed by atoms with Gasteiger partial charge in [-0.15, -0.1) is 0 Å². The molecule has 2 fully saturated rings. The molecule has 0 N–H and O–H groups in total. The van der Waals surface area contributed by atoms with Crippen LogP contribution in [0.5, 0.6) is 0 Å². The van der Waals surface area contributed by atoms with E-state index >= 15 is 0 Å². The van der Waals surface area contributed by atoms with Crippen molar-refractivity contribution in [2.24, 2.45) is 13.0 Å². The summed E-state index contributed by atoms with van der Waals surface area (Å²) in [6, 6.07) is 0.459. The zero-order valence-electron chi connectivity index (χ0n) is 15.6. The van der Waals surface area contributed by atoms with Gasteiger partial charge in [0.1, 0.15) is 0 Å². The van der Waals surface area contributed by atoms with Crippen LogP contribution in [0.25, 0.3) is 0 Å². The summed E-state index contributed by atoms with van der Waals surface area (Å²) >= 11 is 0. The van der Waals surface area contributed by atoms with Crippen molar-refractivity contribution in [3.05, 3.63) is 17.0 Å². The van der Waals surface area contributed by atoms with Gasteiger partial charge in [0.25, 0.3) is 0 Å². The highest BCUT2D eigenvalue weighted by Crippen LogP contribution is 2.29. The molecule has 0 saturated carbocycles. The molecule has 1 aromatic heterocycles. The van der Waals surface area contributed by atoms with Gasteiger partial charge in [0.15, 0.2) is 0 Å². The van der Waals surface area contributed by atoms with Gasteiger partial charge in [0.2, 0.25) is 5.91 Å². The van der Waals surface area contributed by atoms with Gasteiger partial charge < -0.3 is 9.64 Å². The second-order valence-electron chi connectivity index (χ2n) is 7.37. The molecule has 3 atom stereocenters. The Kier molecular flexibility index (Phi) is 4.97. The number of morpholine rings is 1. The predicted molar refractivity (Wildman–Crippen MR) is 93.0 cm³/mol. The number of carbonyl (C=O) groups is 1. The third-order valence-electron chi connectivity index (χ3n) is 5.77. The van der Waals surface area contributed by atoms with E-state index in [1.165, 1.54) is 0 Å². The van der Waals surface area contributed by atoms with Gasteiger partial charge in [-0.2, -0.15) is 5.10 Å². The quantitative estimate of drug-likeness (QED) is 0.837. The minimum atomic E-state index is -0.130. The van der Waals surface area contributed by atoms with Crippen molar-refractivity contribution < 1.29 is 9.53 Å². The smallest absolute Gasteiger partial charge is 0.230 e. The molecule has 6 heteroatoms. The molecule has 3 heterocycles. The zero-order chi connectivity index (χ0) is 17.4. The van der Waals surface area contributed by atoms with Gasteiger partial charge in [-0.05, 0) is 26.7 Å². The van der Waals surface area contributed by atoms with Gasteiger partial charge in [-0.1, -0.05) is 6.92 Å². The number of likely N-dealkylation sites (tertiary alicyclic amines) is 1. The van der Waals surface area contributed by atoms with Gasteiger partial charge in [0.05, 0.1) is 24.8 Å². The van der Waals surface area contributed by atoms with Crippen LogP contribution in [0.4, 0.5) is 0 Å². The van der Waals surface area contributed by atoms with Crippen molar-refractivity contribution in [1.29, 1.82) is 0 Å². The molecule has 2 saturated heterocycles. The van der Waals surface area contributed by atoms with E-state index in [9.17, 15) is 4.79 Å². The number of rotatable bonds is 3. The van der Waals surface area contributed by atoms with E-state index < -0.39 is 0 Å². The van der Waals surface area contributed by atoms with E-state index in [-0.39, 0.29) is 11.8 Å². The van der Waals surface area contributed by atoms with E-state index in [0.717, 1.165) is 56.3 Å². The lowest BCUT2D eigenvalue weighted by Crippen LogP contribution is -2.47.